The van der Waals surface area contributed by atoms with E-state index in [1.165, 1.54) is 25.2 Å². The highest BCUT2D eigenvalue weighted by Crippen LogP contribution is 2.26. The number of aliphatic hydroxyl groups excluding tert-OH is 2. The molecule has 0 aliphatic rings. The van der Waals surface area contributed by atoms with Gasteiger partial charge < -0.3 is 20.8 Å². The van der Waals surface area contributed by atoms with Crippen LogP contribution in [0.1, 0.15) is 10.4 Å². The fraction of sp³-hybridized carbons (Fsp3) is 0.364. The van der Waals surface area contributed by atoms with Gasteiger partial charge in [-0.25, -0.2) is 0 Å². The first kappa shape index (κ1) is 14.9. The number of nitro benzene ring substituents is 1. The van der Waals surface area contributed by atoms with Crippen LogP contribution in [-0.4, -0.2) is 47.3 Å². The Bertz CT molecular complexity index is 473. The van der Waals surface area contributed by atoms with Crippen molar-refractivity contribution in [3.05, 3.63) is 33.9 Å². The minimum absolute atomic E-state index is 0.0687. The Balaban J connectivity index is 3.15. The highest BCUT2D eigenvalue weighted by molar-refractivity contribution is 5.95. The lowest BCUT2D eigenvalue weighted by molar-refractivity contribution is -0.384. The minimum Gasteiger partial charge on any atom is -0.394 e. The molecule has 8 heteroatoms. The molecule has 0 atom stereocenters. The fourth-order valence-electron chi connectivity index (χ4n) is 1.47. The molecule has 0 aliphatic heterocycles. The number of nitrogens with one attached hydrogen (secondary N) is 2. The van der Waals surface area contributed by atoms with Crippen molar-refractivity contribution in [2.45, 2.75) is 6.04 Å². The number of carbonyl (C=O) groups is 1. The van der Waals surface area contributed by atoms with Crippen LogP contribution >= 0.6 is 0 Å². The third kappa shape index (κ3) is 3.63. The van der Waals surface area contributed by atoms with Crippen LogP contribution in [0, 0.1) is 10.1 Å². The van der Waals surface area contributed by atoms with E-state index in [1.807, 2.05) is 0 Å². The van der Waals surface area contributed by atoms with Crippen LogP contribution in [0.15, 0.2) is 18.2 Å². The second-order valence-corrected chi connectivity index (χ2v) is 3.77. The number of amides is 1. The Morgan fingerprint density at radius 1 is 1.42 bits per heavy atom. The average Bonchev–Trinajstić information content (AvgIpc) is 2.43. The number of hydrogen-bond donors (Lipinski definition) is 4. The second kappa shape index (κ2) is 6.66. The van der Waals surface area contributed by atoms with E-state index in [1.54, 1.807) is 0 Å². The third-order valence-electron chi connectivity index (χ3n) is 2.48. The topological polar surface area (TPSA) is 125 Å². The SMILES string of the molecule is CNC(=O)c1ccc([N+](=O)[O-])c(NC(CO)CO)c1. The molecule has 0 saturated heterocycles. The summed E-state index contributed by atoms with van der Waals surface area (Å²) >= 11 is 0. The molecule has 1 aromatic rings. The molecule has 0 unspecified atom stereocenters. The first-order valence-electron chi connectivity index (χ1n) is 5.52. The average molecular weight is 269 g/mol. The summed E-state index contributed by atoms with van der Waals surface area (Å²) in [4.78, 5) is 21.7. The summed E-state index contributed by atoms with van der Waals surface area (Å²) in [6.07, 6.45) is 0. The van der Waals surface area contributed by atoms with E-state index < -0.39 is 24.2 Å². The van der Waals surface area contributed by atoms with E-state index in [0.717, 1.165) is 0 Å². The predicted octanol–water partition coefficient (Wildman–Crippen LogP) is -0.281. The van der Waals surface area contributed by atoms with E-state index in [4.69, 9.17) is 10.2 Å². The van der Waals surface area contributed by atoms with Gasteiger partial charge in [-0.1, -0.05) is 0 Å². The maximum atomic E-state index is 11.5. The Labute approximate surface area is 109 Å². The Morgan fingerprint density at radius 2 is 2.05 bits per heavy atom. The van der Waals surface area contributed by atoms with Gasteiger partial charge in [0, 0.05) is 18.7 Å². The van der Waals surface area contributed by atoms with E-state index in [0.29, 0.717) is 0 Å². The van der Waals surface area contributed by atoms with Gasteiger partial charge in [-0.05, 0) is 12.1 Å². The lowest BCUT2D eigenvalue weighted by Crippen LogP contribution is -2.28. The molecule has 8 nitrogen and oxygen atoms in total. The monoisotopic (exact) mass is 269 g/mol. The zero-order valence-electron chi connectivity index (χ0n) is 10.3. The number of hydrogen-bond acceptors (Lipinski definition) is 6. The quantitative estimate of drug-likeness (QED) is 0.416. The summed E-state index contributed by atoms with van der Waals surface area (Å²) in [7, 11) is 1.45. The van der Waals surface area contributed by atoms with E-state index in [-0.39, 0.29) is 22.8 Å². The van der Waals surface area contributed by atoms with E-state index >= 15 is 0 Å². The van der Waals surface area contributed by atoms with Crippen molar-refractivity contribution in [1.82, 2.24) is 5.32 Å². The lowest BCUT2D eigenvalue weighted by atomic mass is 10.1. The van der Waals surface area contributed by atoms with Gasteiger partial charge in [0.15, 0.2) is 0 Å². The standard InChI is InChI=1S/C11H15N3O5/c1-12-11(17)7-2-3-10(14(18)19)9(4-7)13-8(5-15)6-16/h2-4,8,13,15-16H,5-6H2,1H3,(H,12,17). The van der Waals surface area contributed by atoms with Crippen LogP contribution in [-0.2, 0) is 0 Å². The molecule has 0 heterocycles. The molecule has 0 saturated carbocycles. The summed E-state index contributed by atoms with van der Waals surface area (Å²) in [6, 6.07) is 3.09. The molecule has 1 amide bonds. The molecule has 0 aliphatic carbocycles. The Morgan fingerprint density at radius 3 is 2.53 bits per heavy atom. The summed E-state index contributed by atoms with van der Waals surface area (Å²) < 4.78 is 0. The van der Waals surface area contributed by atoms with Gasteiger partial charge in [-0.15, -0.1) is 0 Å². The predicted molar refractivity (Wildman–Crippen MR) is 68.1 cm³/mol. The number of anilines is 1. The third-order valence-corrected chi connectivity index (χ3v) is 2.48. The molecule has 104 valence electrons. The fourth-order valence-corrected chi connectivity index (χ4v) is 1.47. The van der Waals surface area contributed by atoms with E-state index in [9.17, 15) is 14.9 Å². The number of aliphatic hydroxyl groups is 2. The normalized spacial score (nSPS) is 10.3. The van der Waals surface area contributed by atoms with Crippen LogP contribution < -0.4 is 10.6 Å². The number of nitrogens with zero attached hydrogens (tertiary/aromatic N) is 1. The molecular weight excluding hydrogens is 254 g/mol. The maximum absolute atomic E-state index is 11.5. The zero-order valence-corrected chi connectivity index (χ0v) is 10.3. The summed E-state index contributed by atoms with van der Waals surface area (Å²) in [5.41, 5.74) is 0.0731. The number of rotatable bonds is 6. The molecule has 0 fully saturated rings. The molecule has 1 rings (SSSR count). The first-order chi connectivity index (χ1) is 9.03. The van der Waals surface area contributed by atoms with Gasteiger partial charge in [0.1, 0.15) is 5.69 Å². The van der Waals surface area contributed by atoms with Crippen molar-refractivity contribution in [2.75, 3.05) is 25.6 Å². The van der Waals surface area contributed by atoms with Gasteiger partial charge in [-0.2, -0.15) is 0 Å². The van der Waals surface area contributed by atoms with Crippen LogP contribution in [0.2, 0.25) is 0 Å². The Hall–Kier alpha value is -2.19. The van der Waals surface area contributed by atoms with Crippen LogP contribution in [0.25, 0.3) is 0 Å². The molecule has 4 N–H and O–H groups in total. The van der Waals surface area contributed by atoms with Crippen LogP contribution in [0.3, 0.4) is 0 Å². The number of carbonyl (C=O) groups excluding carboxylic acids is 1. The largest absolute Gasteiger partial charge is 0.394 e. The lowest BCUT2D eigenvalue weighted by Gasteiger charge is -2.15. The second-order valence-electron chi connectivity index (χ2n) is 3.77. The number of benzene rings is 1. The van der Waals surface area contributed by atoms with Gasteiger partial charge in [0.2, 0.25) is 0 Å². The van der Waals surface area contributed by atoms with Gasteiger partial charge in [-0.3, -0.25) is 14.9 Å². The first-order valence-corrected chi connectivity index (χ1v) is 5.52. The summed E-state index contributed by atoms with van der Waals surface area (Å²) in [5.74, 6) is -0.387. The van der Waals surface area contributed by atoms with Crippen molar-refractivity contribution in [1.29, 1.82) is 0 Å². The number of nitro groups is 1. The zero-order chi connectivity index (χ0) is 14.4. The molecule has 0 radical (unpaired) electrons. The highest BCUT2D eigenvalue weighted by atomic mass is 16.6. The highest BCUT2D eigenvalue weighted by Gasteiger charge is 2.18. The molecule has 0 spiro atoms. The van der Waals surface area contributed by atoms with Crippen molar-refractivity contribution >= 4 is 17.3 Å². The van der Waals surface area contributed by atoms with Crippen LogP contribution in [0.5, 0.6) is 0 Å². The van der Waals surface area contributed by atoms with Crippen molar-refractivity contribution in [3.63, 3.8) is 0 Å². The molecule has 0 aromatic heterocycles. The smallest absolute Gasteiger partial charge is 0.292 e. The molecule has 0 bridgehead atoms. The van der Waals surface area contributed by atoms with Crippen molar-refractivity contribution in [3.8, 4) is 0 Å². The van der Waals surface area contributed by atoms with Crippen molar-refractivity contribution in [2.24, 2.45) is 0 Å². The van der Waals surface area contributed by atoms with Crippen LogP contribution in [0.4, 0.5) is 11.4 Å². The molecular formula is C11H15N3O5. The van der Waals surface area contributed by atoms with Crippen molar-refractivity contribution < 1.29 is 19.9 Å². The molecule has 19 heavy (non-hydrogen) atoms. The van der Waals surface area contributed by atoms with Gasteiger partial charge in [0.05, 0.1) is 24.2 Å². The molecule has 1 aromatic carbocycles. The summed E-state index contributed by atoms with van der Waals surface area (Å²) in [5, 5.41) is 33.8. The van der Waals surface area contributed by atoms with E-state index in [2.05, 4.69) is 10.6 Å². The Kier molecular flexibility index (Phi) is 5.22. The van der Waals surface area contributed by atoms with Gasteiger partial charge in [0.25, 0.3) is 11.6 Å². The maximum Gasteiger partial charge on any atom is 0.292 e. The summed E-state index contributed by atoms with van der Waals surface area (Å²) in [6.45, 7) is -0.782. The minimum atomic E-state index is -0.737. The van der Waals surface area contributed by atoms with Gasteiger partial charge >= 0.3 is 0 Å².